The summed E-state index contributed by atoms with van der Waals surface area (Å²) in [5, 5.41) is 13.8. The standard InChI is InChI=1S/C14H21NO2S/c1-9-3-4-11-12(8-18-13(11)7-9)14(17)15-10(2)5-6-16/h8-10,16H,3-7H2,1-2H3,(H,15,17). The fourth-order valence-corrected chi connectivity index (χ4v) is 3.68. The van der Waals surface area contributed by atoms with Crippen LogP contribution >= 0.6 is 11.3 Å². The Bertz CT molecular complexity index is 427. The molecule has 1 aliphatic carbocycles. The van der Waals surface area contributed by atoms with E-state index in [0.717, 1.165) is 24.3 Å². The molecule has 0 aliphatic heterocycles. The molecule has 18 heavy (non-hydrogen) atoms. The molecule has 2 N–H and O–H groups in total. The van der Waals surface area contributed by atoms with E-state index in [0.29, 0.717) is 6.42 Å². The van der Waals surface area contributed by atoms with E-state index in [4.69, 9.17) is 5.11 Å². The minimum atomic E-state index is 0.0167. The Morgan fingerprint density at radius 2 is 2.44 bits per heavy atom. The van der Waals surface area contributed by atoms with Crippen molar-refractivity contribution in [2.24, 2.45) is 5.92 Å². The molecular formula is C14H21NO2S. The quantitative estimate of drug-likeness (QED) is 0.880. The molecule has 1 amide bonds. The van der Waals surface area contributed by atoms with Gasteiger partial charge in [-0.3, -0.25) is 4.79 Å². The monoisotopic (exact) mass is 267 g/mol. The molecule has 1 heterocycles. The van der Waals surface area contributed by atoms with Crippen molar-refractivity contribution in [2.75, 3.05) is 6.61 Å². The molecule has 0 spiro atoms. The Labute approximate surface area is 112 Å². The lowest BCUT2D eigenvalue weighted by molar-refractivity contribution is 0.0933. The van der Waals surface area contributed by atoms with E-state index in [1.165, 1.54) is 16.9 Å². The molecule has 2 atom stereocenters. The summed E-state index contributed by atoms with van der Waals surface area (Å²) in [6, 6.07) is 0.0283. The van der Waals surface area contributed by atoms with Gasteiger partial charge in [0, 0.05) is 22.9 Å². The van der Waals surface area contributed by atoms with Crippen molar-refractivity contribution in [1.82, 2.24) is 5.32 Å². The highest BCUT2D eigenvalue weighted by molar-refractivity contribution is 7.10. The summed E-state index contributed by atoms with van der Waals surface area (Å²) < 4.78 is 0. The summed E-state index contributed by atoms with van der Waals surface area (Å²) in [7, 11) is 0. The zero-order valence-corrected chi connectivity index (χ0v) is 11.8. The van der Waals surface area contributed by atoms with E-state index in [2.05, 4.69) is 12.2 Å². The van der Waals surface area contributed by atoms with Crippen LogP contribution in [-0.4, -0.2) is 23.7 Å². The number of thiophene rings is 1. The van der Waals surface area contributed by atoms with Crippen LogP contribution in [0.1, 0.15) is 47.5 Å². The van der Waals surface area contributed by atoms with Crippen LogP contribution in [0.25, 0.3) is 0 Å². The van der Waals surface area contributed by atoms with Crippen molar-refractivity contribution in [3.63, 3.8) is 0 Å². The maximum atomic E-state index is 12.2. The predicted molar refractivity (Wildman–Crippen MR) is 74.1 cm³/mol. The first-order valence-electron chi connectivity index (χ1n) is 6.62. The highest BCUT2D eigenvalue weighted by Gasteiger charge is 2.23. The van der Waals surface area contributed by atoms with Gasteiger partial charge in [0.25, 0.3) is 5.91 Å². The Kier molecular flexibility index (Phi) is 4.40. The molecule has 0 saturated heterocycles. The topological polar surface area (TPSA) is 49.3 Å². The van der Waals surface area contributed by atoms with Crippen LogP contribution in [0.3, 0.4) is 0 Å². The van der Waals surface area contributed by atoms with E-state index < -0.39 is 0 Å². The number of amides is 1. The van der Waals surface area contributed by atoms with Gasteiger partial charge in [0.1, 0.15) is 0 Å². The number of fused-ring (bicyclic) bond motifs is 1. The van der Waals surface area contributed by atoms with Gasteiger partial charge < -0.3 is 10.4 Å². The molecule has 2 rings (SSSR count). The van der Waals surface area contributed by atoms with Crippen molar-refractivity contribution in [3.8, 4) is 0 Å². The van der Waals surface area contributed by atoms with Crippen molar-refractivity contribution in [1.29, 1.82) is 0 Å². The number of carbonyl (C=O) groups is 1. The first-order chi connectivity index (χ1) is 8.61. The molecule has 0 aromatic carbocycles. The van der Waals surface area contributed by atoms with Crippen LogP contribution < -0.4 is 5.32 Å². The van der Waals surface area contributed by atoms with E-state index in [9.17, 15) is 4.79 Å². The van der Waals surface area contributed by atoms with Crippen LogP contribution in [0, 0.1) is 5.92 Å². The smallest absolute Gasteiger partial charge is 0.252 e. The van der Waals surface area contributed by atoms with Gasteiger partial charge in [0.15, 0.2) is 0 Å². The van der Waals surface area contributed by atoms with Crippen molar-refractivity contribution in [2.45, 2.75) is 45.6 Å². The van der Waals surface area contributed by atoms with Crippen LogP contribution in [0.2, 0.25) is 0 Å². The molecule has 2 unspecified atom stereocenters. The molecule has 0 radical (unpaired) electrons. The molecule has 1 aromatic heterocycles. The zero-order chi connectivity index (χ0) is 13.1. The van der Waals surface area contributed by atoms with Crippen molar-refractivity contribution < 1.29 is 9.90 Å². The zero-order valence-electron chi connectivity index (χ0n) is 11.0. The van der Waals surface area contributed by atoms with Gasteiger partial charge in [-0.25, -0.2) is 0 Å². The fourth-order valence-electron chi connectivity index (χ4n) is 2.44. The second-order valence-electron chi connectivity index (χ2n) is 5.29. The Morgan fingerprint density at radius 1 is 1.67 bits per heavy atom. The van der Waals surface area contributed by atoms with Crippen LogP contribution in [0.5, 0.6) is 0 Å². The summed E-state index contributed by atoms with van der Waals surface area (Å²) >= 11 is 1.71. The largest absolute Gasteiger partial charge is 0.396 e. The Morgan fingerprint density at radius 3 is 3.17 bits per heavy atom. The van der Waals surface area contributed by atoms with Crippen LogP contribution in [0.4, 0.5) is 0 Å². The average Bonchev–Trinajstić information content (AvgIpc) is 2.71. The number of aliphatic hydroxyl groups is 1. The summed E-state index contributed by atoms with van der Waals surface area (Å²) in [4.78, 5) is 13.5. The average molecular weight is 267 g/mol. The second kappa shape index (κ2) is 5.85. The lowest BCUT2D eigenvalue weighted by atomic mass is 9.88. The third-order valence-electron chi connectivity index (χ3n) is 3.59. The first kappa shape index (κ1) is 13.6. The number of hydrogen-bond acceptors (Lipinski definition) is 3. The van der Waals surface area contributed by atoms with Crippen molar-refractivity contribution >= 4 is 17.2 Å². The number of carbonyl (C=O) groups excluding carboxylic acids is 1. The summed E-state index contributed by atoms with van der Waals surface area (Å²) in [6.07, 6.45) is 3.92. The lowest BCUT2D eigenvalue weighted by Gasteiger charge is -2.19. The molecule has 0 bridgehead atoms. The highest BCUT2D eigenvalue weighted by atomic mass is 32.1. The minimum absolute atomic E-state index is 0.0167. The van der Waals surface area contributed by atoms with Gasteiger partial charge in [0.05, 0.1) is 5.56 Å². The maximum Gasteiger partial charge on any atom is 0.252 e. The van der Waals surface area contributed by atoms with Crippen LogP contribution in [0.15, 0.2) is 5.38 Å². The molecular weight excluding hydrogens is 246 g/mol. The van der Waals surface area contributed by atoms with Gasteiger partial charge in [-0.2, -0.15) is 0 Å². The minimum Gasteiger partial charge on any atom is -0.396 e. The van der Waals surface area contributed by atoms with E-state index >= 15 is 0 Å². The van der Waals surface area contributed by atoms with E-state index in [-0.39, 0.29) is 18.6 Å². The number of aliphatic hydroxyl groups excluding tert-OH is 1. The second-order valence-corrected chi connectivity index (χ2v) is 6.25. The molecule has 4 heteroatoms. The lowest BCUT2D eigenvalue weighted by Crippen LogP contribution is -2.33. The Balaban J connectivity index is 2.07. The van der Waals surface area contributed by atoms with Gasteiger partial charge in [-0.15, -0.1) is 11.3 Å². The predicted octanol–water partition coefficient (Wildman–Crippen LogP) is 2.37. The molecule has 100 valence electrons. The molecule has 1 aliphatic rings. The van der Waals surface area contributed by atoms with E-state index in [1.54, 1.807) is 11.3 Å². The van der Waals surface area contributed by atoms with Crippen molar-refractivity contribution in [3.05, 3.63) is 21.4 Å². The van der Waals surface area contributed by atoms with Gasteiger partial charge in [-0.05, 0) is 44.1 Å². The number of nitrogens with one attached hydrogen (secondary N) is 1. The highest BCUT2D eigenvalue weighted by Crippen LogP contribution is 2.32. The SMILES string of the molecule is CC1CCc2c(C(=O)NC(C)CCO)csc2C1. The molecule has 3 nitrogen and oxygen atoms in total. The maximum absolute atomic E-state index is 12.2. The molecule has 0 saturated carbocycles. The van der Waals surface area contributed by atoms with Gasteiger partial charge in [0.2, 0.25) is 0 Å². The third kappa shape index (κ3) is 2.93. The Hall–Kier alpha value is -0.870. The fraction of sp³-hybridized carbons (Fsp3) is 0.643. The summed E-state index contributed by atoms with van der Waals surface area (Å²) in [5.41, 5.74) is 2.11. The summed E-state index contributed by atoms with van der Waals surface area (Å²) in [5.74, 6) is 0.753. The number of hydrogen-bond donors (Lipinski definition) is 2. The van der Waals surface area contributed by atoms with Gasteiger partial charge >= 0.3 is 0 Å². The van der Waals surface area contributed by atoms with Crippen LogP contribution in [-0.2, 0) is 12.8 Å². The normalized spacial score (nSPS) is 20.3. The van der Waals surface area contributed by atoms with Gasteiger partial charge in [-0.1, -0.05) is 6.92 Å². The molecule has 1 aromatic rings. The summed E-state index contributed by atoms with van der Waals surface area (Å²) in [6.45, 7) is 4.31. The molecule has 0 fully saturated rings. The third-order valence-corrected chi connectivity index (χ3v) is 4.64. The first-order valence-corrected chi connectivity index (χ1v) is 7.50. The number of rotatable bonds is 4. The van der Waals surface area contributed by atoms with E-state index in [1.807, 2.05) is 12.3 Å².